The van der Waals surface area contributed by atoms with Crippen LogP contribution in [0.5, 0.6) is 11.5 Å². The first-order valence-corrected chi connectivity index (χ1v) is 7.32. The van der Waals surface area contributed by atoms with E-state index >= 15 is 0 Å². The third kappa shape index (κ3) is 4.00. The highest BCUT2D eigenvalue weighted by atomic mass is 35.5. The lowest BCUT2D eigenvalue weighted by Gasteiger charge is -2.35. The summed E-state index contributed by atoms with van der Waals surface area (Å²) in [5, 5.41) is 4.11. The molecular formula is C15H21Cl3N2O2. The Morgan fingerprint density at radius 1 is 1.23 bits per heavy atom. The van der Waals surface area contributed by atoms with Gasteiger partial charge in [0, 0.05) is 43.3 Å². The molecule has 1 N–H and O–H groups in total. The minimum absolute atomic E-state index is 0. The quantitative estimate of drug-likeness (QED) is 0.827. The van der Waals surface area contributed by atoms with Gasteiger partial charge in [-0.05, 0) is 18.1 Å². The van der Waals surface area contributed by atoms with E-state index in [1.807, 2.05) is 18.2 Å². The third-order valence-corrected chi connectivity index (χ3v) is 4.16. The van der Waals surface area contributed by atoms with Crippen molar-refractivity contribution in [3.63, 3.8) is 0 Å². The van der Waals surface area contributed by atoms with Crippen molar-refractivity contribution in [2.24, 2.45) is 0 Å². The fourth-order valence-corrected chi connectivity index (χ4v) is 3.09. The van der Waals surface area contributed by atoms with Gasteiger partial charge in [0.05, 0.1) is 0 Å². The van der Waals surface area contributed by atoms with Gasteiger partial charge in [-0.15, -0.1) is 31.4 Å². The van der Waals surface area contributed by atoms with Gasteiger partial charge >= 0.3 is 0 Å². The number of piperazine rings is 1. The van der Waals surface area contributed by atoms with Gasteiger partial charge in [0.2, 0.25) is 6.79 Å². The standard InChI is InChI=1S/C15H19ClN2O2.2ClH/c1-2-3-13(18-6-4-17-5-7-18)11-8-14-15(9-12(11)16)20-10-19-14;;/h2,8-9,13,17H,1,3-7,10H2;2*1H/t13-;;/m1../s1. The molecule has 7 heteroatoms. The lowest BCUT2D eigenvalue weighted by molar-refractivity contribution is 0.171. The van der Waals surface area contributed by atoms with Crippen molar-refractivity contribution in [1.29, 1.82) is 0 Å². The first-order chi connectivity index (χ1) is 9.79. The SMILES string of the molecule is C=CC[C@H](c1cc2c(cc1Cl)OCO2)N1CCNCC1.Cl.Cl. The normalized spacial score (nSPS) is 18.0. The number of halogens is 3. The van der Waals surface area contributed by atoms with Gasteiger partial charge < -0.3 is 14.8 Å². The second-order valence-corrected chi connectivity index (χ2v) is 5.46. The number of hydrogen-bond acceptors (Lipinski definition) is 4. The second kappa shape index (κ2) is 8.85. The van der Waals surface area contributed by atoms with E-state index in [0.717, 1.165) is 54.7 Å². The maximum Gasteiger partial charge on any atom is 0.231 e. The molecule has 0 unspecified atom stereocenters. The van der Waals surface area contributed by atoms with Crippen molar-refractivity contribution in [3.05, 3.63) is 35.4 Å². The van der Waals surface area contributed by atoms with Crippen LogP contribution >= 0.6 is 36.4 Å². The van der Waals surface area contributed by atoms with Gasteiger partial charge in [-0.25, -0.2) is 0 Å². The van der Waals surface area contributed by atoms with E-state index in [-0.39, 0.29) is 37.6 Å². The Bertz CT molecular complexity index is 508. The minimum atomic E-state index is 0. The van der Waals surface area contributed by atoms with E-state index in [9.17, 15) is 0 Å². The van der Waals surface area contributed by atoms with Crippen molar-refractivity contribution in [2.75, 3.05) is 33.0 Å². The number of ether oxygens (including phenoxy) is 2. The van der Waals surface area contributed by atoms with Crippen molar-refractivity contribution < 1.29 is 9.47 Å². The Labute approximate surface area is 148 Å². The Balaban J connectivity index is 0.00000121. The molecule has 0 aliphatic carbocycles. The molecule has 22 heavy (non-hydrogen) atoms. The summed E-state index contributed by atoms with van der Waals surface area (Å²) in [6.45, 7) is 8.21. The molecule has 0 spiro atoms. The van der Waals surface area contributed by atoms with Crippen LogP contribution in [-0.2, 0) is 0 Å². The van der Waals surface area contributed by atoms with Gasteiger partial charge in [0.1, 0.15) is 0 Å². The van der Waals surface area contributed by atoms with Gasteiger partial charge in [-0.1, -0.05) is 17.7 Å². The molecule has 1 aromatic carbocycles. The van der Waals surface area contributed by atoms with E-state index in [1.165, 1.54) is 0 Å². The molecule has 1 atom stereocenters. The fourth-order valence-electron chi connectivity index (χ4n) is 2.81. The van der Waals surface area contributed by atoms with Crippen LogP contribution in [0, 0.1) is 0 Å². The first-order valence-electron chi connectivity index (χ1n) is 6.94. The van der Waals surface area contributed by atoms with Crippen molar-refractivity contribution >= 4 is 36.4 Å². The zero-order valence-electron chi connectivity index (χ0n) is 12.2. The molecule has 0 bridgehead atoms. The number of hydrogen-bond donors (Lipinski definition) is 1. The molecule has 0 amide bonds. The largest absolute Gasteiger partial charge is 0.454 e. The topological polar surface area (TPSA) is 33.7 Å². The average Bonchev–Trinajstić information content (AvgIpc) is 2.92. The molecule has 0 radical (unpaired) electrons. The Morgan fingerprint density at radius 3 is 2.50 bits per heavy atom. The molecule has 0 saturated carbocycles. The third-order valence-electron chi connectivity index (χ3n) is 3.83. The molecule has 2 aliphatic heterocycles. The van der Waals surface area contributed by atoms with E-state index < -0.39 is 0 Å². The molecule has 124 valence electrons. The zero-order chi connectivity index (χ0) is 13.9. The monoisotopic (exact) mass is 366 g/mol. The summed E-state index contributed by atoms with van der Waals surface area (Å²) >= 11 is 6.45. The molecule has 3 rings (SSSR count). The van der Waals surface area contributed by atoms with Gasteiger partial charge in [-0.3, -0.25) is 4.90 Å². The fraction of sp³-hybridized carbons (Fsp3) is 0.467. The predicted molar refractivity (Wildman–Crippen MR) is 94.1 cm³/mol. The second-order valence-electron chi connectivity index (χ2n) is 5.05. The van der Waals surface area contributed by atoms with Crippen LogP contribution < -0.4 is 14.8 Å². The molecule has 2 aliphatic rings. The minimum Gasteiger partial charge on any atom is -0.454 e. The van der Waals surface area contributed by atoms with E-state index in [4.69, 9.17) is 21.1 Å². The van der Waals surface area contributed by atoms with Crippen LogP contribution in [0.4, 0.5) is 0 Å². The molecule has 4 nitrogen and oxygen atoms in total. The molecule has 1 saturated heterocycles. The zero-order valence-corrected chi connectivity index (χ0v) is 14.6. The maximum atomic E-state index is 6.45. The molecule has 0 aromatic heterocycles. The van der Waals surface area contributed by atoms with Crippen LogP contribution in [0.1, 0.15) is 18.0 Å². The summed E-state index contributed by atoms with van der Waals surface area (Å²) in [4.78, 5) is 2.45. The number of fused-ring (bicyclic) bond motifs is 1. The van der Waals surface area contributed by atoms with Crippen LogP contribution in [0.3, 0.4) is 0 Å². The van der Waals surface area contributed by atoms with Crippen LogP contribution in [0.25, 0.3) is 0 Å². The Hall–Kier alpha value is -0.650. The van der Waals surface area contributed by atoms with Crippen LogP contribution in [0.15, 0.2) is 24.8 Å². The lowest BCUT2D eigenvalue weighted by atomic mass is 10.0. The molecular weight excluding hydrogens is 347 g/mol. The Morgan fingerprint density at radius 2 is 1.86 bits per heavy atom. The van der Waals surface area contributed by atoms with E-state index in [1.54, 1.807) is 0 Å². The summed E-state index contributed by atoms with van der Waals surface area (Å²) in [5.41, 5.74) is 1.10. The summed E-state index contributed by atoms with van der Waals surface area (Å²) in [6.07, 6.45) is 2.83. The van der Waals surface area contributed by atoms with E-state index in [0.29, 0.717) is 0 Å². The number of nitrogens with zero attached hydrogens (tertiary/aromatic N) is 1. The maximum absolute atomic E-state index is 6.45. The number of rotatable bonds is 4. The Kier molecular flexibility index (Phi) is 7.80. The molecule has 2 heterocycles. The van der Waals surface area contributed by atoms with Gasteiger partial charge in [0.15, 0.2) is 11.5 Å². The average molecular weight is 368 g/mol. The highest BCUT2D eigenvalue weighted by molar-refractivity contribution is 6.31. The highest BCUT2D eigenvalue weighted by Crippen LogP contribution is 2.41. The summed E-state index contributed by atoms with van der Waals surface area (Å²) in [5.74, 6) is 1.52. The van der Waals surface area contributed by atoms with Gasteiger partial charge in [-0.2, -0.15) is 0 Å². The van der Waals surface area contributed by atoms with Crippen molar-refractivity contribution in [1.82, 2.24) is 10.2 Å². The smallest absolute Gasteiger partial charge is 0.231 e. The summed E-state index contributed by atoms with van der Waals surface area (Å²) in [7, 11) is 0. The van der Waals surface area contributed by atoms with Gasteiger partial charge in [0.25, 0.3) is 0 Å². The molecule has 1 aromatic rings. The van der Waals surface area contributed by atoms with E-state index in [2.05, 4.69) is 16.8 Å². The highest BCUT2D eigenvalue weighted by Gasteiger charge is 2.26. The van der Waals surface area contributed by atoms with Crippen molar-refractivity contribution in [2.45, 2.75) is 12.5 Å². The van der Waals surface area contributed by atoms with Crippen LogP contribution in [-0.4, -0.2) is 37.9 Å². The number of benzene rings is 1. The predicted octanol–water partition coefficient (Wildman–Crippen LogP) is 3.43. The first kappa shape index (κ1) is 19.4. The summed E-state index contributed by atoms with van der Waals surface area (Å²) < 4.78 is 10.8. The summed E-state index contributed by atoms with van der Waals surface area (Å²) in [6, 6.07) is 4.12. The van der Waals surface area contributed by atoms with Crippen LogP contribution in [0.2, 0.25) is 5.02 Å². The molecule has 1 fully saturated rings. The lowest BCUT2D eigenvalue weighted by Crippen LogP contribution is -2.45. The van der Waals surface area contributed by atoms with Crippen molar-refractivity contribution in [3.8, 4) is 11.5 Å². The number of nitrogens with one attached hydrogen (secondary N) is 1.